The zero-order valence-corrected chi connectivity index (χ0v) is 18.5. The number of piperazine rings is 1. The summed E-state index contributed by atoms with van der Waals surface area (Å²) in [5.41, 5.74) is 2.08. The summed E-state index contributed by atoms with van der Waals surface area (Å²) in [6.07, 6.45) is 2.03. The van der Waals surface area contributed by atoms with E-state index in [9.17, 15) is 0 Å². The third-order valence-corrected chi connectivity index (χ3v) is 6.37. The molecular weight excluding hydrogens is 400 g/mol. The summed E-state index contributed by atoms with van der Waals surface area (Å²) in [5, 5.41) is 14.2. The van der Waals surface area contributed by atoms with Gasteiger partial charge in [0, 0.05) is 49.8 Å². The van der Waals surface area contributed by atoms with Crippen molar-refractivity contribution < 1.29 is 9.47 Å². The largest absolute Gasteiger partial charge is 0.493 e. The van der Waals surface area contributed by atoms with Crippen LogP contribution in [0.2, 0.25) is 0 Å². The number of hydrogen-bond acceptors (Lipinski definition) is 8. The van der Waals surface area contributed by atoms with Gasteiger partial charge >= 0.3 is 0 Å². The van der Waals surface area contributed by atoms with Crippen molar-refractivity contribution in [2.45, 2.75) is 13.5 Å². The maximum atomic E-state index is 5.39. The molecular formula is C21H28N6O2S. The highest BCUT2D eigenvalue weighted by molar-refractivity contribution is 7.17. The summed E-state index contributed by atoms with van der Waals surface area (Å²) in [6.45, 7) is 8.14. The molecule has 1 aliphatic rings. The van der Waals surface area contributed by atoms with Gasteiger partial charge in [0.1, 0.15) is 0 Å². The Labute approximate surface area is 181 Å². The molecule has 1 saturated heterocycles. The lowest BCUT2D eigenvalue weighted by atomic mass is 10.2. The molecule has 8 nitrogen and oxygen atoms in total. The second-order valence-electron chi connectivity index (χ2n) is 7.08. The van der Waals surface area contributed by atoms with Crippen LogP contribution in [0.5, 0.6) is 11.5 Å². The number of likely N-dealkylation sites (N-methyl/N-ethyl adjacent to an activating group) is 1. The minimum atomic E-state index is 0.659. The predicted octanol–water partition coefficient (Wildman–Crippen LogP) is 3.10. The normalized spacial score (nSPS) is 14.7. The molecule has 0 saturated carbocycles. The van der Waals surface area contributed by atoms with Crippen molar-refractivity contribution in [1.29, 1.82) is 0 Å². The molecule has 1 aromatic carbocycles. The van der Waals surface area contributed by atoms with Crippen LogP contribution in [-0.2, 0) is 6.54 Å². The van der Waals surface area contributed by atoms with Crippen LogP contribution in [0.4, 0.5) is 10.8 Å². The Kier molecular flexibility index (Phi) is 6.39. The van der Waals surface area contributed by atoms with Crippen molar-refractivity contribution in [3.63, 3.8) is 0 Å². The highest BCUT2D eigenvalue weighted by Gasteiger charge is 2.20. The van der Waals surface area contributed by atoms with Gasteiger partial charge in [-0.25, -0.2) is 0 Å². The van der Waals surface area contributed by atoms with Crippen LogP contribution < -0.4 is 19.7 Å². The molecule has 0 unspecified atom stereocenters. The molecule has 1 N–H and O–H groups in total. The summed E-state index contributed by atoms with van der Waals surface area (Å²) >= 11 is 1.64. The Morgan fingerprint density at radius 3 is 2.50 bits per heavy atom. The third-order valence-electron chi connectivity index (χ3n) is 5.39. The SMILES string of the molecule is CCN1CCN(c2nnc(-n3cccc3CNc3ccc(OC)c(OC)c3)s2)CC1. The number of hydrogen-bond donors (Lipinski definition) is 1. The van der Waals surface area contributed by atoms with E-state index in [0.717, 1.165) is 54.4 Å². The fourth-order valence-corrected chi connectivity index (χ4v) is 4.49. The second-order valence-corrected chi connectivity index (χ2v) is 8.02. The summed E-state index contributed by atoms with van der Waals surface area (Å²) < 4.78 is 12.8. The molecule has 0 aliphatic carbocycles. The molecule has 4 rings (SSSR count). The third kappa shape index (κ3) is 4.36. The van der Waals surface area contributed by atoms with Gasteiger partial charge < -0.3 is 24.6 Å². The van der Waals surface area contributed by atoms with Gasteiger partial charge in [0.25, 0.3) is 0 Å². The predicted molar refractivity (Wildman–Crippen MR) is 120 cm³/mol. The molecule has 0 amide bonds. The lowest BCUT2D eigenvalue weighted by Gasteiger charge is -2.33. The molecule has 9 heteroatoms. The molecule has 0 spiro atoms. The summed E-state index contributed by atoms with van der Waals surface area (Å²) in [4.78, 5) is 4.79. The van der Waals surface area contributed by atoms with Crippen molar-refractivity contribution in [3.8, 4) is 16.6 Å². The first-order valence-corrected chi connectivity index (χ1v) is 11.0. The monoisotopic (exact) mass is 428 g/mol. The molecule has 0 radical (unpaired) electrons. The van der Waals surface area contributed by atoms with Crippen molar-refractivity contribution in [2.24, 2.45) is 0 Å². The van der Waals surface area contributed by atoms with E-state index < -0.39 is 0 Å². The Morgan fingerprint density at radius 2 is 1.77 bits per heavy atom. The standard InChI is InChI=1S/C21H28N6O2S/c1-4-25-10-12-26(13-11-25)20-23-24-21(30-20)27-9-5-6-17(27)15-22-16-7-8-18(28-2)19(14-16)29-3/h5-9,14,22H,4,10-13,15H2,1-3H3. The maximum absolute atomic E-state index is 5.39. The van der Waals surface area contributed by atoms with Gasteiger partial charge in [-0.05, 0) is 30.8 Å². The maximum Gasteiger partial charge on any atom is 0.218 e. The molecule has 0 bridgehead atoms. The van der Waals surface area contributed by atoms with Crippen LogP contribution in [0, 0.1) is 0 Å². The molecule has 0 atom stereocenters. The van der Waals surface area contributed by atoms with E-state index >= 15 is 0 Å². The van der Waals surface area contributed by atoms with E-state index in [2.05, 4.69) is 42.9 Å². The Balaban J connectivity index is 1.43. The van der Waals surface area contributed by atoms with E-state index in [0.29, 0.717) is 18.0 Å². The number of ether oxygens (including phenoxy) is 2. The van der Waals surface area contributed by atoms with Crippen molar-refractivity contribution >= 4 is 22.2 Å². The van der Waals surface area contributed by atoms with Crippen molar-refractivity contribution in [2.75, 3.05) is 57.2 Å². The first-order valence-electron chi connectivity index (χ1n) is 10.1. The van der Waals surface area contributed by atoms with Gasteiger partial charge in [0.05, 0.1) is 20.8 Å². The molecule has 1 aliphatic heterocycles. The van der Waals surface area contributed by atoms with Gasteiger partial charge in [-0.3, -0.25) is 4.57 Å². The lowest BCUT2D eigenvalue weighted by molar-refractivity contribution is 0.271. The van der Waals surface area contributed by atoms with Gasteiger partial charge in [-0.15, -0.1) is 10.2 Å². The number of rotatable bonds is 8. The zero-order chi connectivity index (χ0) is 20.9. The fourth-order valence-electron chi connectivity index (χ4n) is 3.57. The van der Waals surface area contributed by atoms with E-state index in [-0.39, 0.29) is 0 Å². The first-order chi connectivity index (χ1) is 14.7. The van der Waals surface area contributed by atoms with Crippen LogP contribution in [0.15, 0.2) is 36.5 Å². The molecule has 3 heterocycles. The topological polar surface area (TPSA) is 67.7 Å². The van der Waals surface area contributed by atoms with E-state index in [1.165, 1.54) is 0 Å². The summed E-state index contributed by atoms with van der Waals surface area (Å²) in [7, 11) is 3.28. The van der Waals surface area contributed by atoms with Crippen LogP contribution in [0.3, 0.4) is 0 Å². The summed E-state index contributed by atoms with van der Waals surface area (Å²) in [5.74, 6) is 1.42. The summed E-state index contributed by atoms with van der Waals surface area (Å²) in [6, 6.07) is 9.94. The van der Waals surface area contributed by atoms with Crippen molar-refractivity contribution in [1.82, 2.24) is 19.7 Å². The molecule has 160 valence electrons. The van der Waals surface area contributed by atoms with Crippen molar-refractivity contribution in [3.05, 3.63) is 42.2 Å². The average molecular weight is 429 g/mol. The number of nitrogens with one attached hydrogen (secondary N) is 1. The zero-order valence-electron chi connectivity index (χ0n) is 17.7. The Hall–Kier alpha value is -2.78. The fraction of sp³-hybridized carbons (Fsp3) is 0.429. The van der Waals surface area contributed by atoms with E-state index in [1.54, 1.807) is 25.6 Å². The average Bonchev–Trinajstić information content (AvgIpc) is 3.47. The highest BCUT2D eigenvalue weighted by Crippen LogP contribution is 2.30. The minimum absolute atomic E-state index is 0.659. The number of nitrogens with zero attached hydrogens (tertiary/aromatic N) is 5. The number of methoxy groups -OCH3 is 2. The van der Waals surface area contributed by atoms with Crippen LogP contribution in [0.1, 0.15) is 12.6 Å². The highest BCUT2D eigenvalue weighted by atomic mass is 32.1. The first kappa shape index (κ1) is 20.5. The smallest absolute Gasteiger partial charge is 0.218 e. The number of aromatic nitrogens is 3. The molecule has 2 aromatic heterocycles. The molecule has 30 heavy (non-hydrogen) atoms. The van der Waals surface area contributed by atoms with Crippen LogP contribution in [-0.4, -0.2) is 66.6 Å². The number of anilines is 2. The van der Waals surface area contributed by atoms with Gasteiger partial charge in [0.2, 0.25) is 10.3 Å². The van der Waals surface area contributed by atoms with Crippen LogP contribution in [0.25, 0.3) is 5.13 Å². The van der Waals surface area contributed by atoms with E-state index in [1.807, 2.05) is 30.5 Å². The Bertz CT molecular complexity index is 964. The van der Waals surface area contributed by atoms with Crippen LogP contribution >= 0.6 is 11.3 Å². The second kappa shape index (κ2) is 9.36. The quantitative estimate of drug-likeness (QED) is 0.591. The lowest BCUT2D eigenvalue weighted by Crippen LogP contribution is -2.46. The minimum Gasteiger partial charge on any atom is -0.493 e. The Morgan fingerprint density at radius 1 is 1.00 bits per heavy atom. The van der Waals surface area contributed by atoms with E-state index in [4.69, 9.17) is 9.47 Å². The van der Waals surface area contributed by atoms with Gasteiger partial charge in [-0.2, -0.15) is 0 Å². The van der Waals surface area contributed by atoms with Gasteiger partial charge in [0.15, 0.2) is 11.5 Å². The van der Waals surface area contributed by atoms with Gasteiger partial charge in [-0.1, -0.05) is 18.3 Å². The molecule has 1 fully saturated rings. The molecule has 3 aromatic rings. The number of benzene rings is 1.